The van der Waals surface area contributed by atoms with Crippen LogP contribution in [0, 0.1) is 13.8 Å². The van der Waals surface area contributed by atoms with Gasteiger partial charge in [-0.2, -0.15) is 9.40 Å². The zero-order valence-electron chi connectivity index (χ0n) is 17.4. The molecule has 0 atom stereocenters. The van der Waals surface area contributed by atoms with Crippen LogP contribution in [-0.2, 0) is 23.2 Å². The summed E-state index contributed by atoms with van der Waals surface area (Å²) < 4.78 is 29.9. The summed E-state index contributed by atoms with van der Waals surface area (Å²) in [4.78, 5) is 6.66. The predicted octanol–water partition coefficient (Wildman–Crippen LogP) is 2.51. The van der Waals surface area contributed by atoms with Crippen molar-refractivity contribution < 1.29 is 8.42 Å². The van der Waals surface area contributed by atoms with E-state index >= 15 is 0 Å². The number of sulfonamides is 1. The zero-order chi connectivity index (χ0) is 20.4. The molecule has 2 aliphatic heterocycles. The first-order valence-electron chi connectivity index (χ1n) is 10.5. The van der Waals surface area contributed by atoms with Gasteiger partial charge in [0, 0.05) is 50.7 Å². The highest BCUT2D eigenvalue weighted by molar-refractivity contribution is 7.89. The van der Waals surface area contributed by atoms with Crippen LogP contribution < -0.4 is 0 Å². The van der Waals surface area contributed by atoms with Crippen LogP contribution in [0.1, 0.15) is 35.5 Å². The molecule has 0 unspecified atom stereocenters. The van der Waals surface area contributed by atoms with Crippen LogP contribution in [0.2, 0.25) is 0 Å². The average molecular weight is 438 g/mol. The van der Waals surface area contributed by atoms with Crippen LogP contribution in [0.15, 0.2) is 22.4 Å². The van der Waals surface area contributed by atoms with Gasteiger partial charge in [-0.1, -0.05) is 12.5 Å². The van der Waals surface area contributed by atoms with Crippen molar-refractivity contribution in [1.29, 1.82) is 0 Å². The minimum atomic E-state index is -3.46. The highest BCUT2D eigenvalue weighted by Gasteiger charge is 2.32. The molecule has 2 aliphatic rings. The number of hydrogen-bond donors (Lipinski definition) is 0. The van der Waals surface area contributed by atoms with E-state index in [-0.39, 0.29) is 0 Å². The largest absolute Gasteiger partial charge is 0.296 e. The Labute approximate surface area is 178 Å². The highest BCUT2D eigenvalue weighted by atomic mass is 32.2. The third-order valence-corrected chi connectivity index (χ3v) is 9.00. The Morgan fingerprint density at radius 2 is 1.69 bits per heavy atom. The lowest BCUT2D eigenvalue weighted by Gasteiger charge is -2.34. The van der Waals surface area contributed by atoms with E-state index < -0.39 is 10.0 Å². The Morgan fingerprint density at radius 3 is 2.34 bits per heavy atom. The number of hydrogen-bond acceptors (Lipinski definition) is 6. The minimum Gasteiger partial charge on any atom is -0.296 e. The summed E-state index contributed by atoms with van der Waals surface area (Å²) in [6, 6.07) is 4.30. The van der Waals surface area contributed by atoms with Gasteiger partial charge in [-0.25, -0.2) is 8.42 Å². The molecule has 29 heavy (non-hydrogen) atoms. The van der Waals surface area contributed by atoms with Crippen molar-refractivity contribution in [3.05, 3.63) is 33.8 Å². The molecule has 160 valence electrons. The summed E-state index contributed by atoms with van der Waals surface area (Å²) in [5, 5.41) is 6.73. The molecule has 0 N–H and O–H groups in total. The molecular weight excluding hydrogens is 406 g/mol. The van der Waals surface area contributed by atoms with Crippen molar-refractivity contribution in [3.8, 4) is 0 Å². The van der Waals surface area contributed by atoms with Crippen LogP contribution in [-0.4, -0.2) is 71.6 Å². The number of aryl methyl sites for hydroxylation is 1. The van der Waals surface area contributed by atoms with Crippen LogP contribution in [0.5, 0.6) is 0 Å². The van der Waals surface area contributed by atoms with Gasteiger partial charge in [0.05, 0.1) is 18.1 Å². The van der Waals surface area contributed by atoms with Crippen LogP contribution >= 0.6 is 11.3 Å². The number of piperazine rings is 1. The lowest BCUT2D eigenvalue weighted by atomic mass is 10.2. The molecule has 2 aromatic heterocycles. The SMILES string of the molecule is Cc1nn(CN2CCN(Cc3cccs3)CC2)c(C)c1S(=O)(=O)N1CCCCC1. The number of rotatable bonds is 6. The first kappa shape index (κ1) is 21.0. The van der Waals surface area contributed by atoms with Gasteiger partial charge in [0.15, 0.2) is 0 Å². The summed E-state index contributed by atoms with van der Waals surface area (Å²) in [5.41, 5.74) is 1.37. The first-order chi connectivity index (χ1) is 13.9. The second-order valence-electron chi connectivity index (χ2n) is 8.08. The van der Waals surface area contributed by atoms with Crippen molar-refractivity contribution >= 4 is 21.4 Å². The topological polar surface area (TPSA) is 61.7 Å². The molecule has 0 bridgehead atoms. The predicted molar refractivity (Wildman–Crippen MR) is 115 cm³/mol. The fourth-order valence-corrected chi connectivity index (χ4v) is 6.96. The van der Waals surface area contributed by atoms with Crippen LogP contribution in [0.3, 0.4) is 0 Å². The summed E-state index contributed by atoms with van der Waals surface area (Å²) in [6.07, 6.45) is 3.00. The van der Waals surface area contributed by atoms with Crippen LogP contribution in [0.4, 0.5) is 0 Å². The maximum Gasteiger partial charge on any atom is 0.246 e. The van der Waals surface area contributed by atoms with E-state index in [1.807, 2.05) is 29.9 Å². The number of piperidine rings is 1. The smallest absolute Gasteiger partial charge is 0.246 e. The third-order valence-electron chi connectivity index (χ3n) is 5.99. The maximum atomic E-state index is 13.2. The van der Waals surface area contributed by atoms with Crippen molar-refractivity contribution in [3.63, 3.8) is 0 Å². The molecule has 2 saturated heterocycles. The summed E-state index contributed by atoms with van der Waals surface area (Å²) >= 11 is 1.81. The Morgan fingerprint density at radius 1 is 1.00 bits per heavy atom. The maximum absolute atomic E-state index is 13.2. The second-order valence-corrected chi connectivity index (χ2v) is 11.0. The fraction of sp³-hybridized carbons (Fsp3) is 0.650. The van der Waals surface area contributed by atoms with E-state index in [0.717, 1.165) is 57.7 Å². The quantitative estimate of drug-likeness (QED) is 0.695. The van der Waals surface area contributed by atoms with Gasteiger partial charge in [0.1, 0.15) is 4.90 Å². The van der Waals surface area contributed by atoms with E-state index in [9.17, 15) is 8.42 Å². The van der Waals surface area contributed by atoms with E-state index in [1.165, 1.54) is 4.88 Å². The monoisotopic (exact) mass is 437 g/mol. The zero-order valence-corrected chi connectivity index (χ0v) is 19.0. The number of nitrogens with zero attached hydrogens (tertiary/aromatic N) is 5. The molecule has 2 fully saturated rings. The van der Waals surface area contributed by atoms with Crippen molar-refractivity contribution in [2.45, 2.75) is 51.2 Å². The van der Waals surface area contributed by atoms with Gasteiger partial charge >= 0.3 is 0 Å². The van der Waals surface area contributed by atoms with Gasteiger partial charge in [-0.05, 0) is 38.1 Å². The number of aromatic nitrogens is 2. The molecular formula is C20H31N5O2S2. The number of thiophene rings is 1. The minimum absolute atomic E-state index is 0.413. The molecule has 7 nitrogen and oxygen atoms in total. The molecule has 0 radical (unpaired) electrons. The third kappa shape index (κ3) is 4.59. The Kier molecular flexibility index (Phi) is 6.41. The van der Waals surface area contributed by atoms with E-state index in [1.54, 1.807) is 4.31 Å². The lowest BCUT2D eigenvalue weighted by Crippen LogP contribution is -2.46. The van der Waals surface area contributed by atoms with Gasteiger partial charge in [-0.3, -0.25) is 14.5 Å². The summed E-state index contributed by atoms with van der Waals surface area (Å²) in [7, 11) is -3.46. The van der Waals surface area contributed by atoms with Crippen molar-refractivity contribution in [1.82, 2.24) is 23.9 Å². The molecule has 0 saturated carbocycles. The molecule has 2 aromatic rings. The van der Waals surface area contributed by atoms with Gasteiger partial charge in [0.25, 0.3) is 0 Å². The van der Waals surface area contributed by atoms with Gasteiger partial charge < -0.3 is 0 Å². The molecule has 0 aliphatic carbocycles. The first-order valence-corrected chi connectivity index (χ1v) is 12.8. The normalized spacial score (nSPS) is 20.3. The van der Waals surface area contributed by atoms with E-state index in [4.69, 9.17) is 0 Å². The van der Waals surface area contributed by atoms with E-state index in [2.05, 4.69) is 32.4 Å². The molecule has 0 amide bonds. The molecule has 0 spiro atoms. The van der Waals surface area contributed by atoms with Gasteiger partial charge in [-0.15, -0.1) is 11.3 Å². The van der Waals surface area contributed by atoms with Crippen molar-refractivity contribution in [2.75, 3.05) is 39.3 Å². The Hall–Kier alpha value is -1.26. The summed E-state index contributed by atoms with van der Waals surface area (Å²) in [6.45, 7) is 10.6. The Bertz CT molecular complexity index is 909. The Balaban J connectivity index is 1.41. The summed E-state index contributed by atoms with van der Waals surface area (Å²) in [5.74, 6) is 0. The molecule has 0 aromatic carbocycles. The van der Waals surface area contributed by atoms with E-state index in [0.29, 0.717) is 30.3 Å². The molecule has 4 rings (SSSR count). The second kappa shape index (κ2) is 8.85. The standard InChI is InChI=1S/C20H31N5O2S2/c1-17-20(29(26,27)24-8-4-3-5-9-24)18(2)25(21-17)16-23-12-10-22(11-13-23)15-19-7-6-14-28-19/h6-7,14H,3-5,8-13,15-16H2,1-2H3. The van der Waals surface area contributed by atoms with Crippen molar-refractivity contribution in [2.24, 2.45) is 0 Å². The fourth-order valence-electron chi connectivity index (χ4n) is 4.33. The highest BCUT2D eigenvalue weighted by Crippen LogP contribution is 2.26. The average Bonchev–Trinajstić information content (AvgIpc) is 3.32. The molecule has 9 heteroatoms. The van der Waals surface area contributed by atoms with Gasteiger partial charge in [0.2, 0.25) is 10.0 Å². The molecule has 4 heterocycles. The van der Waals surface area contributed by atoms with Crippen LogP contribution in [0.25, 0.3) is 0 Å². The lowest BCUT2D eigenvalue weighted by molar-refractivity contribution is 0.0985.